The first kappa shape index (κ1) is 25.5. The first-order chi connectivity index (χ1) is 17.8. The lowest BCUT2D eigenvalue weighted by molar-refractivity contribution is -0.139. The molecule has 0 aromatic heterocycles. The maximum absolute atomic E-state index is 13.4. The Labute approximate surface area is 214 Å². The van der Waals surface area contributed by atoms with Crippen molar-refractivity contribution < 1.29 is 33.7 Å². The molecule has 3 aromatic carbocycles. The normalized spacial score (nSPS) is 16.5. The Kier molecular flexibility index (Phi) is 7.29. The van der Waals surface area contributed by atoms with Gasteiger partial charge in [0, 0.05) is 11.8 Å². The summed E-state index contributed by atoms with van der Waals surface area (Å²) in [6.07, 6.45) is 0.0776. The average Bonchev–Trinajstić information content (AvgIpc) is 3.18. The van der Waals surface area contributed by atoms with E-state index in [1.807, 2.05) is 25.1 Å². The highest BCUT2D eigenvalue weighted by Gasteiger charge is 2.47. The van der Waals surface area contributed by atoms with E-state index in [2.05, 4.69) is 0 Å². The number of hydrogen-bond acceptors (Lipinski definition) is 7. The van der Waals surface area contributed by atoms with Crippen LogP contribution in [0, 0.1) is 6.92 Å². The summed E-state index contributed by atoms with van der Waals surface area (Å²) in [6, 6.07) is 18.1. The molecule has 1 heterocycles. The van der Waals surface area contributed by atoms with E-state index < -0.39 is 17.7 Å². The van der Waals surface area contributed by atoms with Crippen molar-refractivity contribution in [2.45, 2.75) is 19.4 Å². The number of carbonyl (C=O) groups is 3. The molecule has 37 heavy (non-hydrogen) atoms. The standard InChI is InChI=1S/C29H27NO7/c1-17-6-5-7-19(14-17)26-25(27(32)22-13-12-21(35-2)16-23(22)36-3)28(33)29(34)30(26)20-10-8-18(9-11-20)15-24(31)37-4/h5-14,16,26,32H,15H2,1-4H3/b27-25-. The number of hydrogen-bond donors (Lipinski definition) is 1. The Morgan fingerprint density at radius 2 is 1.68 bits per heavy atom. The Bertz CT molecular complexity index is 1390. The number of carbonyl (C=O) groups excluding carboxylic acids is 3. The van der Waals surface area contributed by atoms with Crippen molar-refractivity contribution in [1.82, 2.24) is 0 Å². The minimum Gasteiger partial charge on any atom is -0.507 e. The number of nitrogens with zero attached hydrogens (tertiary/aromatic N) is 1. The zero-order chi connectivity index (χ0) is 26.7. The van der Waals surface area contributed by atoms with Crippen molar-refractivity contribution in [3.8, 4) is 11.5 Å². The van der Waals surface area contributed by atoms with E-state index in [0.717, 1.165) is 5.56 Å². The number of Topliss-reactive ketones (excluding diaryl/α,β-unsaturated/α-hetero) is 1. The zero-order valence-corrected chi connectivity index (χ0v) is 21.0. The average molecular weight is 502 g/mol. The molecule has 1 amide bonds. The minimum atomic E-state index is -0.891. The third-order valence-corrected chi connectivity index (χ3v) is 6.26. The van der Waals surface area contributed by atoms with Crippen LogP contribution in [-0.2, 0) is 25.5 Å². The number of amides is 1. The number of esters is 1. The summed E-state index contributed by atoms with van der Waals surface area (Å²) >= 11 is 0. The third kappa shape index (κ3) is 4.91. The van der Waals surface area contributed by atoms with Crippen LogP contribution in [0.1, 0.15) is 28.3 Å². The van der Waals surface area contributed by atoms with Gasteiger partial charge in [-0.2, -0.15) is 0 Å². The van der Waals surface area contributed by atoms with Crippen LogP contribution in [-0.4, -0.2) is 44.1 Å². The number of anilines is 1. The van der Waals surface area contributed by atoms with Gasteiger partial charge < -0.3 is 19.3 Å². The van der Waals surface area contributed by atoms with E-state index in [1.165, 1.54) is 26.2 Å². The van der Waals surface area contributed by atoms with Gasteiger partial charge in [-0.3, -0.25) is 19.3 Å². The van der Waals surface area contributed by atoms with Crippen LogP contribution in [0.15, 0.2) is 72.3 Å². The maximum Gasteiger partial charge on any atom is 0.309 e. The van der Waals surface area contributed by atoms with Crippen LogP contribution in [0.5, 0.6) is 11.5 Å². The number of rotatable bonds is 7. The Balaban J connectivity index is 1.88. The molecule has 0 spiro atoms. The molecule has 0 bridgehead atoms. The van der Waals surface area contributed by atoms with Crippen LogP contribution in [0.2, 0.25) is 0 Å². The fraction of sp³-hybridized carbons (Fsp3) is 0.207. The molecule has 1 aliphatic heterocycles. The van der Waals surface area contributed by atoms with Crippen LogP contribution < -0.4 is 14.4 Å². The van der Waals surface area contributed by atoms with Gasteiger partial charge in [0.15, 0.2) is 0 Å². The smallest absolute Gasteiger partial charge is 0.309 e. The molecule has 0 aliphatic carbocycles. The van der Waals surface area contributed by atoms with Gasteiger partial charge in [0.2, 0.25) is 0 Å². The Hall–Kier alpha value is -4.59. The van der Waals surface area contributed by atoms with E-state index >= 15 is 0 Å². The summed E-state index contributed by atoms with van der Waals surface area (Å²) in [4.78, 5) is 39.8. The lowest BCUT2D eigenvalue weighted by Gasteiger charge is -2.26. The number of aryl methyl sites for hydroxylation is 1. The van der Waals surface area contributed by atoms with Gasteiger partial charge in [0.25, 0.3) is 11.7 Å². The quantitative estimate of drug-likeness (QED) is 0.222. The van der Waals surface area contributed by atoms with Gasteiger partial charge in [-0.1, -0.05) is 42.0 Å². The number of ether oxygens (including phenoxy) is 3. The number of methoxy groups -OCH3 is 3. The second-order valence-electron chi connectivity index (χ2n) is 8.57. The highest BCUT2D eigenvalue weighted by Crippen LogP contribution is 2.43. The largest absolute Gasteiger partial charge is 0.507 e. The van der Waals surface area contributed by atoms with E-state index in [9.17, 15) is 19.5 Å². The molecule has 1 fully saturated rings. The van der Waals surface area contributed by atoms with Gasteiger partial charge in [-0.25, -0.2) is 0 Å². The molecule has 1 saturated heterocycles. The zero-order valence-electron chi connectivity index (χ0n) is 21.0. The van der Waals surface area contributed by atoms with Gasteiger partial charge in [-0.15, -0.1) is 0 Å². The van der Waals surface area contributed by atoms with E-state index in [1.54, 1.807) is 48.5 Å². The van der Waals surface area contributed by atoms with Crippen molar-refractivity contribution in [1.29, 1.82) is 0 Å². The topological polar surface area (TPSA) is 102 Å². The van der Waals surface area contributed by atoms with Gasteiger partial charge >= 0.3 is 5.97 Å². The minimum absolute atomic E-state index is 0.0577. The highest BCUT2D eigenvalue weighted by molar-refractivity contribution is 6.51. The molecule has 3 aromatic rings. The van der Waals surface area contributed by atoms with Crippen molar-refractivity contribution in [3.63, 3.8) is 0 Å². The monoisotopic (exact) mass is 501 g/mol. The van der Waals surface area contributed by atoms with Crippen molar-refractivity contribution in [2.24, 2.45) is 0 Å². The molecular weight excluding hydrogens is 474 g/mol. The number of ketones is 1. The molecular formula is C29H27NO7. The number of aliphatic hydroxyl groups excluding tert-OH is 1. The molecule has 1 N–H and O–H groups in total. The molecule has 8 nitrogen and oxygen atoms in total. The third-order valence-electron chi connectivity index (χ3n) is 6.26. The second-order valence-corrected chi connectivity index (χ2v) is 8.57. The molecule has 4 rings (SSSR count). The molecule has 1 unspecified atom stereocenters. The first-order valence-corrected chi connectivity index (χ1v) is 11.5. The lowest BCUT2D eigenvalue weighted by atomic mass is 9.94. The molecule has 0 saturated carbocycles. The van der Waals surface area contributed by atoms with E-state index in [4.69, 9.17) is 14.2 Å². The first-order valence-electron chi connectivity index (χ1n) is 11.5. The van der Waals surface area contributed by atoms with E-state index in [-0.39, 0.29) is 29.3 Å². The lowest BCUT2D eigenvalue weighted by Crippen LogP contribution is -2.29. The van der Waals surface area contributed by atoms with Crippen LogP contribution in [0.4, 0.5) is 5.69 Å². The summed E-state index contributed by atoms with van der Waals surface area (Å²) in [5, 5.41) is 11.4. The summed E-state index contributed by atoms with van der Waals surface area (Å²) in [5.74, 6) is -1.54. The van der Waals surface area contributed by atoms with Crippen molar-refractivity contribution in [2.75, 3.05) is 26.2 Å². The predicted octanol–water partition coefficient (Wildman–Crippen LogP) is 4.35. The summed E-state index contributed by atoms with van der Waals surface area (Å²) in [7, 11) is 4.27. The Morgan fingerprint density at radius 3 is 2.30 bits per heavy atom. The predicted molar refractivity (Wildman–Crippen MR) is 138 cm³/mol. The van der Waals surface area contributed by atoms with Crippen LogP contribution >= 0.6 is 0 Å². The SMILES string of the molecule is COC(=O)Cc1ccc(N2C(=O)C(=O)/C(=C(\O)c3ccc(OC)cc3OC)C2c2cccc(C)c2)cc1. The molecule has 8 heteroatoms. The fourth-order valence-corrected chi connectivity index (χ4v) is 4.41. The molecule has 0 radical (unpaired) electrons. The van der Waals surface area contributed by atoms with Crippen molar-refractivity contribution >= 4 is 29.1 Å². The summed E-state index contributed by atoms with van der Waals surface area (Å²) < 4.78 is 15.4. The van der Waals surface area contributed by atoms with Gasteiger partial charge in [0.1, 0.15) is 17.3 Å². The van der Waals surface area contributed by atoms with Crippen LogP contribution in [0.25, 0.3) is 5.76 Å². The molecule has 1 aliphatic rings. The molecule has 190 valence electrons. The molecule has 1 atom stereocenters. The Morgan fingerprint density at radius 1 is 0.946 bits per heavy atom. The maximum atomic E-state index is 13.4. The van der Waals surface area contributed by atoms with Crippen LogP contribution in [0.3, 0.4) is 0 Å². The number of benzene rings is 3. The summed E-state index contributed by atoms with van der Waals surface area (Å²) in [6.45, 7) is 1.91. The fourth-order valence-electron chi connectivity index (χ4n) is 4.41. The van der Waals surface area contributed by atoms with E-state index in [0.29, 0.717) is 28.3 Å². The highest BCUT2D eigenvalue weighted by atomic mass is 16.5. The summed E-state index contributed by atoms with van der Waals surface area (Å²) in [5.41, 5.74) is 2.93. The van der Waals surface area contributed by atoms with Crippen molar-refractivity contribution in [3.05, 3.63) is 94.6 Å². The second kappa shape index (κ2) is 10.6. The van der Waals surface area contributed by atoms with Gasteiger partial charge in [-0.05, 0) is 42.3 Å². The van der Waals surface area contributed by atoms with Gasteiger partial charge in [0.05, 0.1) is 44.9 Å². The number of aliphatic hydroxyl groups is 1.